The Labute approximate surface area is 234 Å². The Hall–Kier alpha value is -2.30. The Morgan fingerprint density at radius 2 is 1.83 bits per heavy atom. The van der Waals surface area contributed by atoms with E-state index in [0.29, 0.717) is 23.1 Å². The van der Waals surface area contributed by atoms with Gasteiger partial charge in [0.1, 0.15) is 6.61 Å². The summed E-state index contributed by atoms with van der Waals surface area (Å²) >= 11 is 11.2. The molecule has 0 spiro atoms. The van der Waals surface area contributed by atoms with E-state index >= 15 is 0 Å². The maximum atomic E-state index is 6.02. The number of hydrogen-bond acceptors (Lipinski definition) is 7. The molecule has 0 atom stereocenters. The van der Waals surface area contributed by atoms with E-state index < -0.39 is 0 Å². The highest BCUT2D eigenvalue weighted by Gasteiger charge is 2.12. The maximum Gasteiger partial charge on any atom is 0.214 e. The molecule has 0 radical (unpaired) electrons. The van der Waals surface area contributed by atoms with Crippen LogP contribution in [-0.2, 0) is 13.2 Å². The summed E-state index contributed by atoms with van der Waals surface area (Å²) in [5.74, 6) is 2.28. The standard InChI is InChI=1S/C25H25BrClN5O2S.ClH/c1-33-23-15-19(14-22(26)24(23)34-17-18-8-10-20(27)11-9-18)16-28-12-5-13-35-25-29-30-31-32(25)21-6-3-2-4-7-21;/h2-4,6-11,14-15,28H,5,12-13,16-17H2,1H3;1H. The van der Waals surface area contributed by atoms with E-state index in [1.807, 2.05) is 60.7 Å². The molecule has 0 aliphatic rings. The highest BCUT2D eigenvalue weighted by atomic mass is 79.9. The predicted molar refractivity (Wildman–Crippen MR) is 150 cm³/mol. The minimum Gasteiger partial charge on any atom is -0.493 e. The first-order chi connectivity index (χ1) is 17.1. The number of nitrogens with one attached hydrogen (secondary N) is 1. The minimum atomic E-state index is 0. The number of hydrogen-bond donors (Lipinski definition) is 1. The van der Waals surface area contributed by atoms with Crippen molar-refractivity contribution in [2.45, 2.75) is 24.7 Å². The molecule has 0 unspecified atom stereocenters. The van der Waals surface area contributed by atoms with Gasteiger partial charge in [0.2, 0.25) is 5.16 Å². The van der Waals surface area contributed by atoms with Crippen molar-refractivity contribution in [1.29, 1.82) is 0 Å². The molecule has 11 heteroatoms. The highest BCUT2D eigenvalue weighted by molar-refractivity contribution is 9.10. The Kier molecular flexibility index (Phi) is 11.3. The summed E-state index contributed by atoms with van der Waals surface area (Å²) in [6, 6.07) is 21.5. The molecule has 0 fully saturated rings. The van der Waals surface area contributed by atoms with Crippen molar-refractivity contribution >= 4 is 51.7 Å². The van der Waals surface area contributed by atoms with E-state index in [1.165, 1.54) is 0 Å². The van der Waals surface area contributed by atoms with Gasteiger partial charge in [-0.1, -0.05) is 53.7 Å². The van der Waals surface area contributed by atoms with Crippen molar-refractivity contribution in [2.75, 3.05) is 19.4 Å². The van der Waals surface area contributed by atoms with Gasteiger partial charge in [-0.25, -0.2) is 0 Å². The number of ether oxygens (including phenoxy) is 2. The van der Waals surface area contributed by atoms with Crippen molar-refractivity contribution in [2.24, 2.45) is 0 Å². The Bertz CT molecular complexity index is 1230. The van der Waals surface area contributed by atoms with E-state index in [0.717, 1.165) is 51.7 Å². The molecule has 0 bridgehead atoms. The SMILES string of the molecule is COc1cc(CNCCCSc2nnnn2-c2ccccc2)cc(Br)c1OCc1ccc(Cl)cc1.Cl. The zero-order valence-corrected chi connectivity index (χ0v) is 23.5. The molecule has 190 valence electrons. The van der Waals surface area contributed by atoms with Crippen molar-refractivity contribution in [3.8, 4) is 17.2 Å². The summed E-state index contributed by atoms with van der Waals surface area (Å²) in [6.45, 7) is 2.02. The van der Waals surface area contributed by atoms with E-state index in [2.05, 4.69) is 42.8 Å². The van der Waals surface area contributed by atoms with E-state index in [4.69, 9.17) is 21.1 Å². The fourth-order valence-corrected chi connectivity index (χ4v) is 4.90. The van der Waals surface area contributed by atoms with Gasteiger partial charge in [-0.2, -0.15) is 4.68 Å². The monoisotopic (exact) mass is 609 g/mol. The lowest BCUT2D eigenvalue weighted by Gasteiger charge is -2.15. The molecule has 0 amide bonds. The number of nitrogens with zero attached hydrogens (tertiary/aromatic N) is 4. The number of methoxy groups -OCH3 is 1. The van der Waals surface area contributed by atoms with Gasteiger partial charge in [-0.3, -0.25) is 0 Å². The molecule has 1 heterocycles. The Morgan fingerprint density at radius 3 is 2.58 bits per heavy atom. The summed E-state index contributed by atoms with van der Waals surface area (Å²) in [7, 11) is 1.65. The molecule has 3 aromatic carbocycles. The average molecular weight is 611 g/mol. The summed E-state index contributed by atoms with van der Waals surface area (Å²) in [5.41, 5.74) is 3.09. The van der Waals surface area contributed by atoms with Gasteiger partial charge in [0.05, 0.1) is 17.3 Å². The van der Waals surface area contributed by atoms with Crippen molar-refractivity contribution in [3.05, 3.63) is 87.4 Å². The second-order valence-electron chi connectivity index (χ2n) is 7.61. The Balaban J connectivity index is 0.00000361. The molecular formula is C25H26BrCl2N5O2S. The van der Waals surface area contributed by atoms with Crippen LogP contribution in [0, 0.1) is 0 Å². The Morgan fingerprint density at radius 1 is 1.06 bits per heavy atom. The van der Waals surface area contributed by atoms with E-state index in [9.17, 15) is 0 Å². The molecular weight excluding hydrogens is 585 g/mol. The fourth-order valence-electron chi connectivity index (χ4n) is 3.35. The lowest BCUT2D eigenvalue weighted by Crippen LogP contribution is -2.15. The number of benzene rings is 3. The van der Waals surface area contributed by atoms with Gasteiger partial charge in [0.15, 0.2) is 11.5 Å². The first kappa shape index (κ1) is 28.3. The number of thioether (sulfide) groups is 1. The molecule has 0 saturated heterocycles. The number of rotatable bonds is 12. The topological polar surface area (TPSA) is 74.1 Å². The molecule has 7 nitrogen and oxygen atoms in total. The second kappa shape index (κ2) is 14.4. The number of para-hydroxylation sites is 1. The third-order valence-corrected chi connectivity index (χ3v) is 6.93. The smallest absolute Gasteiger partial charge is 0.214 e. The normalized spacial score (nSPS) is 10.6. The third-order valence-electron chi connectivity index (χ3n) is 5.09. The molecule has 0 saturated carbocycles. The van der Waals surface area contributed by atoms with Gasteiger partial charge in [-0.05, 0) is 86.8 Å². The summed E-state index contributed by atoms with van der Waals surface area (Å²) in [5, 5.41) is 17.0. The molecule has 1 aromatic heterocycles. The van der Waals surface area contributed by atoms with Crippen LogP contribution in [0.25, 0.3) is 5.69 Å². The fraction of sp³-hybridized carbons (Fsp3) is 0.240. The molecule has 0 aliphatic carbocycles. The van der Waals surface area contributed by atoms with Crippen LogP contribution < -0.4 is 14.8 Å². The summed E-state index contributed by atoms with van der Waals surface area (Å²) in [4.78, 5) is 0. The minimum absolute atomic E-state index is 0. The average Bonchev–Trinajstić information content (AvgIpc) is 3.35. The largest absolute Gasteiger partial charge is 0.493 e. The van der Waals surface area contributed by atoms with Crippen molar-refractivity contribution in [3.63, 3.8) is 0 Å². The third kappa shape index (κ3) is 7.85. The highest BCUT2D eigenvalue weighted by Crippen LogP contribution is 2.37. The predicted octanol–water partition coefficient (Wildman–Crippen LogP) is 6.36. The van der Waals surface area contributed by atoms with Crippen LogP contribution in [0.1, 0.15) is 17.5 Å². The van der Waals surface area contributed by atoms with E-state index in [1.54, 1.807) is 23.6 Å². The van der Waals surface area contributed by atoms with Crippen LogP contribution in [0.2, 0.25) is 5.02 Å². The zero-order valence-electron chi connectivity index (χ0n) is 19.6. The maximum absolute atomic E-state index is 6.02. The van der Waals surface area contributed by atoms with Crippen molar-refractivity contribution < 1.29 is 9.47 Å². The quantitative estimate of drug-likeness (QED) is 0.148. The van der Waals surface area contributed by atoms with Crippen molar-refractivity contribution in [1.82, 2.24) is 25.5 Å². The summed E-state index contributed by atoms with van der Waals surface area (Å²) < 4.78 is 14.2. The zero-order chi connectivity index (χ0) is 24.5. The lowest BCUT2D eigenvalue weighted by molar-refractivity contribution is 0.282. The molecule has 36 heavy (non-hydrogen) atoms. The molecule has 4 rings (SSSR count). The second-order valence-corrected chi connectivity index (χ2v) is 9.96. The number of aromatic nitrogens is 4. The molecule has 1 N–H and O–H groups in total. The van der Waals surface area contributed by atoms with Crippen LogP contribution in [0.3, 0.4) is 0 Å². The van der Waals surface area contributed by atoms with Crippen LogP contribution in [0.5, 0.6) is 11.5 Å². The molecule has 0 aliphatic heterocycles. The van der Waals surface area contributed by atoms with Gasteiger partial charge in [0, 0.05) is 17.3 Å². The van der Waals surface area contributed by atoms with Crippen LogP contribution >= 0.6 is 51.7 Å². The number of halogens is 3. The first-order valence-electron chi connectivity index (χ1n) is 11.0. The molecule has 4 aromatic rings. The first-order valence-corrected chi connectivity index (χ1v) is 13.2. The van der Waals surface area contributed by atoms with Gasteiger partial charge in [0.25, 0.3) is 0 Å². The van der Waals surface area contributed by atoms with Gasteiger partial charge >= 0.3 is 0 Å². The van der Waals surface area contributed by atoms with E-state index in [-0.39, 0.29) is 12.4 Å². The van der Waals surface area contributed by atoms with Crippen LogP contribution in [0.4, 0.5) is 0 Å². The van der Waals surface area contributed by atoms with Gasteiger partial charge in [-0.15, -0.1) is 17.5 Å². The van der Waals surface area contributed by atoms with Crippen LogP contribution in [-0.4, -0.2) is 39.6 Å². The lowest BCUT2D eigenvalue weighted by atomic mass is 10.2. The number of tetrazole rings is 1. The van der Waals surface area contributed by atoms with Crippen LogP contribution in [0.15, 0.2) is 76.4 Å². The summed E-state index contributed by atoms with van der Waals surface area (Å²) in [6.07, 6.45) is 0.979. The van der Waals surface area contributed by atoms with Gasteiger partial charge < -0.3 is 14.8 Å².